The van der Waals surface area contributed by atoms with E-state index in [1.807, 2.05) is 26.0 Å². The van der Waals surface area contributed by atoms with Gasteiger partial charge < -0.3 is 14.6 Å². The van der Waals surface area contributed by atoms with Crippen molar-refractivity contribution in [1.82, 2.24) is 14.9 Å². The number of nitrogens with zero attached hydrogens (tertiary/aromatic N) is 2. The second kappa shape index (κ2) is 9.00. The number of amides is 1. The summed E-state index contributed by atoms with van der Waals surface area (Å²) in [6.45, 7) is 7.80. The predicted molar refractivity (Wildman–Crippen MR) is 125 cm³/mol. The van der Waals surface area contributed by atoms with E-state index in [9.17, 15) is 18.4 Å². The molecule has 1 N–H and O–H groups in total. The van der Waals surface area contributed by atoms with Crippen molar-refractivity contribution in [3.8, 4) is 0 Å². The zero-order valence-corrected chi connectivity index (χ0v) is 19.6. The van der Waals surface area contributed by atoms with Gasteiger partial charge in [0.25, 0.3) is 5.91 Å². The highest BCUT2D eigenvalue weighted by atomic mass is 19.2. The maximum absolute atomic E-state index is 13.9. The van der Waals surface area contributed by atoms with Gasteiger partial charge in [0.2, 0.25) is 0 Å². The molecule has 0 aliphatic carbocycles. The number of esters is 1. The first kappa shape index (κ1) is 23.6. The molecule has 6 nitrogen and oxygen atoms in total. The third kappa shape index (κ3) is 4.20. The van der Waals surface area contributed by atoms with Crippen molar-refractivity contribution in [2.75, 3.05) is 6.54 Å². The highest BCUT2D eigenvalue weighted by Crippen LogP contribution is 2.42. The molecule has 3 heterocycles. The fourth-order valence-corrected chi connectivity index (χ4v) is 4.69. The van der Waals surface area contributed by atoms with Crippen LogP contribution in [0.25, 0.3) is 16.6 Å². The van der Waals surface area contributed by atoms with Crippen LogP contribution in [0, 0.1) is 11.6 Å². The molecule has 0 spiro atoms. The van der Waals surface area contributed by atoms with E-state index in [1.54, 1.807) is 20.0 Å². The van der Waals surface area contributed by atoms with Crippen LogP contribution in [0.4, 0.5) is 8.78 Å². The quantitative estimate of drug-likeness (QED) is 0.514. The number of ether oxygens (including phenoxy) is 1. The summed E-state index contributed by atoms with van der Waals surface area (Å²) in [7, 11) is 0. The number of H-pyrrole nitrogens is 1. The van der Waals surface area contributed by atoms with Crippen molar-refractivity contribution in [3.05, 3.63) is 71.2 Å². The van der Waals surface area contributed by atoms with Gasteiger partial charge in [-0.15, -0.1) is 0 Å². The molecule has 1 atom stereocenters. The van der Waals surface area contributed by atoms with Gasteiger partial charge in [0.1, 0.15) is 5.65 Å². The number of pyridine rings is 1. The minimum absolute atomic E-state index is 0.0114. The van der Waals surface area contributed by atoms with Gasteiger partial charge >= 0.3 is 5.97 Å². The molecule has 0 bridgehead atoms. The number of fused-ring (bicyclic) bond motifs is 3. The zero-order chi connectivity index (χ0) is 24.6. The number of rotatable bonds is 5. The maximum atomic E-state index is 13.9. The van der Waals surface area contributed by atoms with Gasteiger partial charge in [-0.25, -0.2) is 18.6 Å². The number of carbonyl (C=O) groups is 2. The molecule has 1 amide bonds. The molecule has 2 aromatic heterocycles. The van der Waals surface area contributed by atoms with E-state index in [0.717, 1.165) is 29.5 Å². The summed E-state index contributed by atoms with van der Waals surface area (Å²) in [6, 6.07) is 6.79. The van der Waals surface area contributed by atoms with Crippen molar-refractivity contribution < 1.29 is 23.1 Å². The number of carbonyl (C=O) groups excluding carboxylic acids is 2. The monoisotopic (exact) mass is 467 g/mol. The van der Waals surface area contributed by atoms with Gasteiger partial charge in [-0.3, -0.25) is 4.79 Å². The summed E-state index contributed by atoms with van der Waals surface area (Å²) < 4.78 is 32.9. The SMILES string of the molecule is CCCC1(C)CN(C(=O)c2ccc(F)c(F)c2)C=C(C(=O)OC(C)C)c2[nH]c3ncccc3c21. The van der Waals surface area contributed by atoms with E-state index in [-0.39, 0.29) is 23.8 Å². The Labute approximate surface area is 196 Å². The fourth-order valence-electron chi connectivity index (χ4n) is 4.69. The average molecular weight is 468 g/mol. The maximum Gasteiger partial charge on any atom is 0.342 e. The third-order valence-electron chi connectivity index (χ3n) is 6.04. The van der Waals surface area contributed by atoms with E-state index in [0.29, 0.717) is 17.8 Å². The summed E-state index contributed by atoms with van der Waals surface area (Å²) in [5.41, 5.74) is 1.68. The Kier molecular flexibility index (Phi) is 6.25. The lowest BCUT2D eigenvalue weighted by Gasteiger charge is -2.33. The fraction of sp³-hybridized carbons (Fsp3) is 0.346. The molecule has 0 radical (unpaired) electrons. The van der Waals surface area contributed by atoms with Crippen molar-refractivity contribution in [2.24, 2.45) is 0 Å². The van der Waals surface area contributed by atoms with Gasteiger partial charge in [-0.1, -0.05) is 20.3 Å². The molecule has 4 rings (SSSR count). The number of aromatic nitrogens is 2. The molecule has 1 unspecified atom stereocenters. The highest BCUT2D eigenvalue weighted by Gasteiger charge is 2.40. The van der Waals surface area contributed by atoms with Crippen LogP contribution in [0.3, 0.4) is 0 Å². The molecule has 34 heavy (non-hydrogen) atoms. The molecule has 3 aromatic rings. The van der Waals surface area contributed by atoms with Crippen LogP contribution in [0.15, 0.2) is 42.7 Å². The topological polar surface area (TPSA) is 75.3 Å². The largest absolute Gasteiger partial charge is 0.459 e. The number of hydrogen-bond donors (Lipinski definition) is 1. The van der Waals surface area contributed by atoms with Gasteiger partial charge in [-0.2, -0.15) is 0 Å². The Balaban J connectivity index is 1.93. The lowest BCUT2D eigenvalue weighted by molar-refractivity contribution is -0.140. The van der Waals surface area contributed by atoms with Crippen molar-refractivity contribution in [1.29, 1.82) is 0 Å². The summed E-state index contributed by atoms with van der Waals surface area (Å²) in [5, 5.41) is 0.860. The van der Waals surface area contributed by atoms with Crippen LogP contribution in [-0.4, -0.2) is 39.4 Å². The van der Waals surface area contributed by atoms with E-state index < -0.39 is 28.9 Å². The zero-order valence-electron chi connectivity index (χ0n) is 19.6. The molecule has 0 saturated heterocycles. The van der Waals surface area contributed by atoms with E-state index in [4.69, 9.17) is 4.74 Å². The predicted octanol–water partition coefficient (Wildman–Crippen LogP) is 5.35. The lowest BCUT2D eigenvalue weighted by Crippen LogP contribution is -2.39. The Morgan fingerprint density at radius 3 is 2.68 bits per heavy atom. The van der Waals surface area contributed by atoms with Crippen LogP contribution < -0.4 is 0 Å². The molecular weight excluding hydrogens is 440 g/mol. The first-order valence-electron chi connectivity index (χ1n) is 11.3. The second-order valence-corrected chi connectivity index (χ2v) is 9.14. The standard InChI is InChI=1S/C26H27F2N3O3/c1-5-10-26(4)14-31(24(32)16-8-9-19(27)20(28)12-16)13-18(25(33)34-15(2)3)22-21(26)17-7-6-11-29-23(17)30-22/h6-9,11-13,15H,5,10,14H2,1-4H3,(H,29,30). The Morgan fingerprint density at radius 1 is 1.24 bits per heavy atom. The molecule has 0 saturated carbocycles. The first-order valence-corrected chi connectivity index (χ1v) is 11.3. The molecular formula is C26H27F2N3O3. The number of hydrogen-bond acceptors (Lipinski definition) is 4. The molecule has 0 fully saturated rings. The van der Waals surface area contributed by atoms with Gasteiger partial charge in [0.05, 0.1) is 17.4 Å². The smallest absolute Gasteiger partial charge is 0.342 e. The summed E-state index contributed by atoms with van der Waals surface area (Å²) in [6.07, 6.45) is 4.28. The number of nitrogens with one attached hydrogen (secondary N) is 1. The number of halogens is 2. The van der Waals surface area contributed by atoms with Gasteiger partial charge in [-0.05, 0) is 56.2 Å². The van der Waals surface area contributed by atoms with Crippen LogP contribution in [0.5, 0.6) is 0 Å². The summed E-state index contributed by atoms with van der Waals surface area (Å²) >= 11 is 0. The molecule has 178 valence electrons. The summed E-state index contributed by atoms with van der Waals surface area (Å²) in [5.74, 6) is -3.27. The normalized spacial score (nSPS) is 18.0. The molecule has 1 aromatic carbocycles. The molecule has 1 aliphatic heterocycles. The summed E-state index contributed by atoms with van der Waals surface area (Å²) in [4.78, 5) is 35.7. The van der Waals surface area contributed by atoms with Crippen molar-refractivity contribution in [2.45, 2.75) is 52.1 Å². The van der Waals surface area contributed by atoms with E-state index in [2.05, 4.69) is 9.97 Å². The Hall–Kier alpha value is -3.55. The van der Waals surface area contributed by atoms with Gasteiger partial charge in [0, 0.05) is 35.3 Å². The molecule has 1 aliphatic rings. The number of benzene rings is 1. The second-order valence-electron chi connectivity index (χ2n) is 9.14. The van der Waals surface area contributed by atoms with Crippen molar-refractivity contribution in [3.63, 3.8) is 0 Å². The van der Waals surface area contributed by atoms with Crippen molar-refractivity contribution >= 4 is 28.5 Å². The number of aromatic amines is 1. The van der Waals surface area contributed by atoms with Crippen LogP contribution in [-0.2, 0) is 14.9 Å². The van der Waals surface area contributed by atoms with Gasteiger partial charge in [0.15, 0.2) is 11.6 Å². The van der Waals surface area contributed by atoms with Crippen LogP contribution in [0.1, 0.15) is 62.2 Å². The lowest BCUT2D eigenvalue weighted by atomic mass is 9.76. The Morgan fingerprint density at radius 2 is 2.00 bits per heavy atom. The van der Waals surface area contributed by atoms with Crippen LogP contribution >= 0.6 is 0 Å². The highest BCUT2D eigenvalue weighted by molar-refractivity contribution is 6.18. The van der Waals surface area contributed by atoms with E-state index >= 15 is 0 Å². The van der Waals surface area contributed by atoms with Crippen LogP contribution in [0.2, 0.25) is 0 Å². The minimum Gasteiger partial charge on any atom is -0.459 e. The Bertz CT molecular complexity index is 1300. The van der Waals surface area contributed by atoms with E-state index in [1.165, 1.54) is 17.2 Å². The third-order valence-corrected chi connectivity index (χ3v) is 6.04. The average Bonchev–Trinajstić information content (AvgIpc) is 3.12. The first-order chi connectivity index (χ1) is 16.1. The minimum atomic E-state index is -1.11. The molecule has 8 heteroatoms.